The molecule has 0 atom stereocenters. The number of nitrogens with zero attached hydrogens (tertiary/aromatic N) is 2. The second-order valence-electron chi connectivity index (χ2n) is 7.14. The molecule has 2 aromatic heterocycles. The summed E-state index contributed by atoms with van der Waals surface area (Å²) in [6.45, 7) is 0.166. The summed E-state index contributed by atoms with van der Waals surface area (Å²) in [5.74, 6) is 0.778. The maximum atomic E-state index is 13.1. The molecule has 2 aromatic carbocycles. The summed E-state index contributed by atoms with van der Waals surface area (Å²) in [6.07, 6.45) is 1.55. The lowest BCUT2D eigenvalue weighted by atomic mass is 10.1. The predicted molar refractivity (Wildman–Crippen MR) is 119 cm³/mol. The minimum atomic E-state index is -0.265. The maximum Gasteiger partial charge on any atom is 0.262 e. The highest BCUT2D eigenvalue weighted by Gasteiger charge is 2.19. The fourth-order valence-corrected chi connectivity index (χ4v) is 4.32. The van der Waals surface area contributed by atoms with E-state index in [0.29, 0.717) is 38.8 Å². The van der Waals surface area contributed by atoms with E-state index in [2.05, 4.69) is 10.3 Å². The summed E-state index contributed by atoms with van der Waals surface area (Å²) in [7, 11) is 0. The summed E-state index contributed by atoms with van der Waals surface area (Å²) in [6, 6.07) is 15.6. The van der Waals surface area contributed by atoms with Crippen molar-refractivity contribution in [3.8, 4) is 5.75 Å². The number of thioether (sulfide) groups is 1. The van der Waals surface area contributed by atoms with Crippen LogP contribution in [0.5, 0.6) is 5.75 Å². The van der Waals surface area contributed by atoms with Gasteiger partial charge in [-0.05, 0) is 42.5 Å². The molecule has 1 aliphatic heterocycles. The molecule has 0 saturated heterocycles. The number of hydrogen-bond acceptors (Lipinski definition) is 7. The zero-order valence-corrected chi connectivity index (χ0v) is 17.6. The van der Waals surface area contributed by atoms with E-state index in [0.717, 1.165) is 0 Å². The molecular weight excluding hydrogens is 430 g/mol. The summed E-state index contributed by atoms with van der Waals surface area (Å²) >= 11 is 1.18. The number of aromatic nitrogens is 2. The molecular formula is C23H17N3O5S. The molecule has 3 heterocycles. The Balaban J connectivity index is 1.43. The number of amides is 1. The van der Waals surface area contributed by atoms with Crippen LogP contribution in [0.4, 0.5) is 5.69 Å². The van der Waals surface area contributed by atoms with Crippen molar-refractivity contribution in [1.29, 1.82) is 0 Å². The first kappa shape index (κ1) is 20.1. The molecule has 8 nitrogen and oxygen atoms in total. The number of nitrogens with one attached hydrogen (secondary N) is 1. The second kappa shape index (κ2) is 8.35. The lowest BCUT2D eigenvalue weighted by Crippen LogP contribution is -2.25. The number of anilines is 1. The third kappa shape index (κ3) is 3.90. The summed E-state index contributed by atoms with van der Waals surface area (Å²) in [4.78, 5) is 42.1. The summed E-state index contributed by atoms with van der Waals surface area (Å²) in [5, 5.41) is 3.62. The monoisotopic (exact) mass is 447 g/mol. The smallest absolute Gasteiger partial charge is 0.262 e. The standard InChI is InChI=1S/C23H17N3O5S/c27-19(14-7-8-20-18(10-14)24-21(28)12-31-20)13-32-23-25-17-6-2-1-5-16(17)22(29)26(23)11-15-4-3-9-30-15/h1-10H,11-13H2,(H,24,28). The van der Waals surface area contributed by atoms with Crippen LogP contribution in [0.15, 0.2) is 75.2 Å². The van der Waals surface area contributed by atoms with E-state index in [-0.39, 0.29) is 36.2 Å². The number of ketones is 1. The van der Waals surface area contributed by atoms with Crippen LogP contribution in [0.3, 0.4) is 0 Å². The van der Waals surface area contributed by atoms with Gasteiger partial charge < -0.3 is 14.5 Å². The normalized spacial score (nSPS) is 12.8. The van der Waals surface area contributed by atoms with Gasteiger partial charge in [0.1, 0.15) is 11.5 Å². The van der Waals surface area contributed by atoms with E-state index in [1.165, 1.54) is 16.3 Å². The van der Waals surface area contributed by atoms with Gasteiger partial charge in [-0.25, -0.2) is 4.98 Å². The predicted octanol–water partition coefficient (Wildman–Crippen LogP) is 3.34. The Morgan fingerprint density at radius 2 is 2.00 bits per heavy atom. The van der Waals surface area contributed by atoms with Gasteiger partial charge in [-0.3, -0.25) is 19.0 Å². The summed E-state index contributed by atoms with van der Waals surface area (Å²) < 4.78 is 12.3. The van der Waals surface area contributed by atoms with Crippen LogP contribution in [-0.2, 0) is 11.3 Å². The highest BCUT2D eigenvalue weighted by molar-refractivity contribution is 7.99. The first-order valence-electron chi connectivity index (χ1n) is 9.83. The zero-order valence-electron chi connectivity index (χ0n) is 16.7. The Hall–Kier alpha value is -3.85. The molecule has 160 valence electrons. The highest BCUT2D eigenvalue weighted by atomic mass is 32.2. The quantitative estimate of drug-likeness (QED) is 0.275. The topological polar surface area (TPSA) is 103 Å². The third-order valence-corrected chi connectivity index (χ3v) is 5.96. The van der Waals surface area contributed by atoms with Crippen LogP contribution in [0.1, 0.15) is 16.1 Å². The Bertz CT molecular complexity index is 1390. The van der Waals surface area contributed by atoms with Crippen LogP contribution in [0.25, 0.3) is 10.9 Å². The number of fused-ring (bicyclic) bond motifs is 2. The van der Waals surface area contributed by atoms with E-state index >= 15 is 0 Å². The number of hydrogen-bond donors (Lipinski definition) is 1. The number of furan rings is 1. The van der Waals surface area contributed by atoms with Crippen LogP contribution in [-0.4, -0.2) is 33.6 Å². The molecule has 32 heavy (non-hydrogen) atoms. The largest absolute Gasteiger partial charge is 0.482 e. The van der Waals surface area contributed by atoms with Crippen LogP contribution < -0.4 is 15.6 Å². The highest BCUT2D eigenvalue weighted by Crippen LogP contribution is 2.29. The molecule has 4 aromatic rings. The maximum absolute atomic E-state index is 13.1. The van der Waals surface area contributed by atoms with Gasteiger partial charge in [-0.2, -0.15) is 0 Å². The Kier molecular flexibility index (Phi) is 5.24. The molecule has 9 heteroatoms. The molecule has 0 fully saturated rings. The minimum Gasteiger partial charge on any atom is -0.482 e. The van der Waals surface area contributed by atoms with Gasteiger partial charge in [0.25, 0.3) is 11.5 Å². The van der Waals surface area contributed by atoms with Crippen molar-refractivity contribution in [2.24, 2.45) is 0 Å². The number of benzene rings is 2. The Labute approximate surface area is 186 Å². The fourth-order valence-electron chi connectivity index (χ4n) is 3.43. The average molecular weight is 447 g/mol. The van der Waals surface area contributed by atoms with Gasteiger partial charge in [0.05, 0.1) is 35.2 Å². The van der Waals surface area contributed by atoms with E-state index in [1.54, 1.807) is 54.8 Å². The van der Waals surface area contributed by atoms with Crippen LogP contribution in [0, 0.1) is 0 Å². The molecule has 5 rings (SSSR count). The van der Waals surface area contributed by atoms with Gasteiger partial charge >= 0.3 is 0 Å². The van der Waals surface area contributed by atoms with E-state index in [9.17, 15) is 14.4 Å². The number of carbonyl (C=O) groups excluding carboxylic acids is 2. The van der Waals surface area contributed by atoms with Crippen molar-refractivity contribution < 1.29 is 18.7 Å². The molecule has 1 amide bonds. The molecule has 1 aliphatic rings. The Morgan fingerprint density at radius 1 is 1.12 bits per heavy atom. The third-order valence-electron chi connectivity index (χ3n) is 4.99. The van der Waals surface area contributed by atoms with Gasteiger partial charge in [-0.15, -0.1) is 0 Å². The molecule has 1 N–H and O–H groups in total. The van der Waals surface area contributed by atoms with Crippen molar-refractivity contribution >= 4 is 40.0 Å². The van der Waals surface area contributed by atoms with Gasteiger partial charge in [0.2, 0.25) is 0 Å². The van der Waals surface area contributed by atoms with E-state index < -0.39 is 0 Å². The van der Waals surface area contributed by atoms with Crippen molar-refractivity contribution in [3.05, 3.63) is 82.5 Å². The molecule has 0 bridgehead atoms. The van der Waals surface area contributed by atoms with Crippen molar-refractivity contribution in [1.82, 2.24) is 9.55 Å². The van der Waals surface area contributed by atoms with E-state index in [1.807, 2.05) is 6.07 Å². The number of ether oxygens (including phenoxy) is 1. The number of para-hydroxylation sites is 1. The second-order valence-corrected chi connectivity index (χ2v) is 8.08. The van der Waals surface area contributed by atoms with Crippen LogP contribution in [0.2, 0.25) is 0 Å². The minimum absolute atomic E-state index is 0.0447. The first-order chi connectivity index (χ1) is 15.6. The number of rotatable bonds is 6. The van der Waals surface area contributed by atoms with Crippen molar-refractivity contribution in [3.63, 3.8) is 0 Å². The van der Waals surface area contributed by atoms with Crippen molar-refractivity contribution in [2.75, 3.05) is 17.7 Å². The van der Waals surface area contributed by atoms with E-state index in [4.69, 9.17) is 9.15 Å². The lowest BCUT2D eigenvalue weighted by Gasteiger charge is -2.18. The number of Topliss-reactive ketones (excluding diaryl/α,β-unsaturated/α-hetero) is 1. The van der Waals surface area contributed by atoms with Crippen LogP contribution >= 0.6 is 11.8 Å². The van der Waals surface area contributed by atoms with Gasteiger partial charge in [0, 0.05) is 5.56 Å². The SMILES string of the molecule is O=C1COc2ccc(C(=O)CSc3nc4ccccc4c(=O)n3Cc3ccco3)cc2N1. The summed E-state index contributed by atoms with van der Waals surface area (Å²) in [5.41, 5.74) is 1.27. The van der Waals surface area contributed by atoms with Gasteiger partial charge in [0.15, 0.2) is 17.5 Å². The lowest BCUT2D eigenvalue weighted by molar-refractivity contribution is -0.118. The van der Waals surface area contributed by atoms with Gasteiger partial charge in [-0.1, -0.05) is 23.9 Å². The molecule has 0 unspecified atom stereocenters. The first-order valence-corrected chi connectivity index (χ1v) is 10.8. The van der Waals surface area contributed by atoms with Crippen molar-refractivity contribution in [2.45, 2.75) is 11.7 Å². The molecule has 0 saturated carbocycles. The molecule has 0 spiro atoms. The molecule has 0 aliphatic carbocycles. The number of carbonyl (C=O) groups is 2. The fraction of sp³-hybridized carbons (Fsp3) is 0.130. The Morgan fingerprint density at radius 3 is 2.84 bits per heavy atom. The average Bonchev–Trinajstić information content (AvgIpc) is 3.32. The zero-order chi connectivity index (χ0) is 22.1. The molecule has 0 radical (unpaired) electrons.